The number of aliphatic carboxylic acids is 1. The molecule has 0 saturated heterocycles. The van der Waals surface area contributed by atoms with Crippen molar-refractivity contribution in [2.75, 3.05) is 26.9 Å². The average molecular weight is 270 g/mol. The monoisotopic (exact) mass is 269 g/mol. The van der Waals surface area contributed by atoms with E-state index < -0.39 is 11.4 Å². The van der Waals surface area contributed by atoms with Crippen LogP contribution in [0.2, 0.25) is 0 Å². The van der Waals surface area contributed by atoms with Crippen molar-refractivity contribution >= 4 is 23.0 Å². The molecule has 0 aromatic heterocycles. The molecule has 1 saturated carbocycles. The summed E-state index contributed by atoms with van der Waals surface area (Å²) in [6.07, 6.45) is 2.97. The number of rotatable bonds is 4. The molecule has 102 valence electrons. The Kier molecular flexibility index (Phi) is 14.4. The number of hydrogen-bond donors (Lipinski definition) is 2. The van der Waals surface area contributed by atoms with Crippen molar-refractivity contribution < 1.29 is 24.2 Å². The molecule has 6 nitrogen and oxygen atoms in total. The van der Waals surface area contributed by atoms with Crippen molar-refractivity contribution in [3.63, 3.8) is 0 Å². The molecule has 1 aliphatic rings. The number of carboxylic acids is 1. The van der Waals surface area contributed by atoms with Gasteiger partial charge in [0, 0.05) is 18.7 Å². The lowest BCUT2D eigenvalue weighted by atomic mass is 10.5. The lowest BCUT2D eigenvalue weighted by molar-refractivity contribution is -0.135. The lowest BCUT2D eigenvalue weighted by Gasteiger charge is -1.95. The van der Waals surface area contributed by atoms with E-state index in [0.29, 0.717) is 6.61 Å². The molecule has 0 spiro atoms. The Labute approximate surface area is 106 Å². The minimum atomic E-state index is -0.968. The number of halogens is 1. The van der Waals surface area contributed by atoms with Crippen molar-refractivity contribution in [1.82, 2.24) is 0 Å². The van der Waals surface area contributed by atoms with Gasteiger partial charge in [-0.05, 0) is 5.92 Å². The third kappa shape index (κ3) is 31.3. The molecule has 0 amide bonds. The van der Waals surface area contributed by atoms with Crippen molar-refractivity contribution in [2.45, 2.75) is 19.8 Å². The molecular weight excluding hydrogens is 250 g/mol. The lowest BCUT2D eigenvalue weighted by Crippen LogP contribution is -2.10. The van der Waals surface area contributed by atoms with Crippen LogP contribution < -0.4 is 5.73 Å². The first-order valence-corrected chi connectivity index (χ1v) is 5.54. The molecule has 3 N–H and O–H groups in total. The van der Waals surface area contributed by atoms with Gasteiger partial charge in [-0.2, -0.15) is 0 Å². The van der Waals surface area contributed by atoms with Crippen LogP contribution in [-0.4, -0.2) is 43.4 Å². The van der Waals surface area contributed by atoms with Gasteiger partial charge < -0.3 is 20.3 Å². The summed E-state index contributed by atoms with van der Waals surface area (Å²) in [6, 6.07) is 0. The molecule has 1 aliphatic carbocycles. The number of carbonyl (C=O) groups is 2. The van der Waals surface area contributed by atoms with Crippen molar-refractivity contribution in [1.29, 1.82) is 0 Å². The third-order valence-electron chi connectivity index (χ3n) is 1.54. The van der Waals surface area contributed by atoms with Gasteiger partial charge in [0.25, 0.3) is 0 Å². The maximum absolute atomic E-state index is 9.81. The van der Waals surface area contributed by atoms with Gasteiger partial charge in [-0.1, -0.05) is 19.8 Å². The van der Waals surface area contributed by atoms with Gasteiger partial charge in [0.1, 0.15) is 6.61 Å². The van der Waals surface area contributed by atoms with E-state index >= 15 is 0 Å². The van der Waals surface area contributed by atoms with Gasteiger partial charge >= 0.3 is 11.4 Å². The SMILES string of the molecule is CC1CC1.COCCOC(=O)Cl.NCC(=O)O. The smallest absolute Gasteiger partial charge is 0.403 e. The summed E-state index contributed by atoms with van der Waals surface area (Å²) in [5, 5.41) is 7.60. The van der Waals surface area contributed by atoms with Crippen molar-refractivity contribution in [3.8, 4) is 0 Å². The maximum atomic E-state index is 9.81. The summed E-state index contributed by atoms with van der Waals surface area (Å²) in [4.78, 5) is 19.0. The number of carbonyl (C=O) groups excluding carboxylic acids is 1. The summed E-state index contributed by atoms with van der Waals surface area (Å²) in [6.45, 7) is 2.61. The van der Waals surface area contributed by atoms with Gasteiger partial charge in [0.15, 0.2) is 0 Å². The Bertz CT molecular complexity index is 209. The van der Waals surface area contributed by atoms with E-state index in [0.717, 1.165) is 5.92 Å². The largest absolute Gasteiger partial charge is 0.480 e. The topological polar surface area (TPSA) is 98.9 Å². The fourth-order valence-corrected chi connectivity index (χ4v) is 0.449. The molecular formula is C10H20ClNO5. The molecule has 0 bridgehead atoms. The number of nitrogens with two attached hydrogens (primary N) is 1. The second kappa shape index (κ2) is 13.2. The van der Waals surface area contributed by atoms with Crippen LogP contribution >= 0.6 is 11.6 Å². The Hall–Kier alpha value is -0.850. The second-order valence-electron chi connectivity index (χ2n) is 3.36. The van der Waals surface area contributed by atoms with Gasteiger partial charge in [-0.25, -0.2) is 4.79 Å². The number of ether oxygens (including phenoxy) is 2. The molecule has 0 aromatic carbocycles. The van der Waals surface area contributed by atoms with E-state index in [1.165, 1.54) is 20.0 Å². The molecule has 17 heavy (non-hydrogen) atoms. The van der Waals surface area contributed by atoms with E-state index in [-0.39, 0.29) is 13.2 Å². The van der Waals surface area contributed by atoms with Crippen LogP contribution in [-0.2, 0) is 14.3 Å². The zero-order valence-corrected chi connectivity index (χ0v) is 10.9. The fourth-order valence-electron chi connectivity index (χ4n) is 0.372. The van der Waals surface area contributed by atoms with Gasteiger partial charge in [0.05, 0.1) is 13.2 Å². The highest BCUT2D eigenvalue weighted by molar-refractivity contribution is 6.61. The predicted octanol–water partition coefficient (Wildman–Crippen LogP) is 1.45. The van der Waals surface area contributed by atoms with Gasteiger partial charge in [-0.3, -0.25) is 4.79 Å². The summed E-state index contributed by atoms with van der Waals surface area (Å²) < 4.78 is 8.84. The normalized spacial score (nSPS) is 12.5. The molecule has 7 heteroatoms. The van der Waals surface area contributed by atoms with Crippen LogP contribution in [0.4, 0.5) is 4.79 Å². The first kappa shape index (κ1) is 18.5. The Balaban J connectivity index is 0. The molecule has 0 heterocycles. The summed E-state index contributed by atoms with van der Waals surface area (Å²) in [7, 11) is 1.52. The first-order valence-electron chi connectivity index (χ1n) is 5.17. The van der Waals surface area contributed by atoms with E-state index in [2.05, 4.69) is 22.1 Å². The number of hydrogen-bond acceptors (Lipinski definition) is 5. The second-order valence-corrected chi connectivity index (χ2v) is 3.67. The van der Waals surface area contributed by atoms with Crippen LogP contribution in [0.3, 0.4) is 0 Å². The van der Waals surface area contributed by atoms with Crippen LogP contribution in [0, 0.1) is 5.92 Å². The molecule has 1 rings (SSSR count). The van der Waals surface area contributed by atoms with Crippen LogP contribution in [0.1, 0.15) is 19.8 Å². The standard InChI is InChI=1S/C4H7ClO3.C4H8.C2H5NO2/c1-7-2-3-8-4(5)6;1-4-2-3-4;3-1-2(4)5/h2-3H2,1H3;4H,2-3H2,1H3;1,3H2,(H,4,5). The van der Waals surface area contributed by atoms with E-state index in [1.54, 1.807) is 0 Å². The molecule has 0 radical (unpaired) electrons. The Morgan fingerprint density at radius 1 is 1.41 bits per heavy atom. The molecule has 0 atom stereocenters. The average Bonchev–Trinajstić information content (AvgIpc) is 3.02. The van der Waals surface area contributed by atoms with E-state index in [4.69, 9.17) is 16.7 Å². The molecule has 0 aromatic rings. The summed E-state index contributed by atoms with van der Waals surface area (Å²) in [5.74, 6) is 0.116. The highest BCUT2D eigenvalue weighted by Crippen LogP contribution is 2.26. The van der Waals surface area contributed by atoms with Crippen molar-refractivity contribution in [3.05, 3.63) is 0 Å². The zero-order chi connectivity index (χ0) is 13.7. The maximum Gasteiger partial charge on any atom is 0.403 e. The Morgan fingerprint density at radius 2 is 1.82 bits per heavy atom. The van der Waals surface area contributed by atoms with Crippen LogP contribution in [0.25, 0.3) is 0 Å². The minimum absolute atomic E-state index is 0.221. The highest BCUT2D eigenvalue weighted by atomic mass is 35.5. The summed E-state index contributed by atoms with van der Waals surface area (Å²) >= 11 is 4.80. The zero-order valence-electron chi connectivity index (χ0n) is 10.1. The molecule has 0 aliphatic heterocycles. The fraction of sp³-hybridized carbons (Fsp3) is 0.800. The third-order valence-corrected chi connectivity index (χ3v) is 1.65. The van der Waals surface area contributed by atoms with Gasteiger partial charge in [-0.15, -0.1) is 0 Å². The minimum Gasteiger partial charge on any atom is -0.480 e. The quantitative estimate of drug-likeness (QED) is 0.592. The first-order chi connectivity index (χ1) is 7.93. The number of carboxylic acid groups (broad SMARTS) is 1. The van der Waals surface area contributed by atoms with Gasteiger partial charge in [0.2, 0.25) is 0 Å². The summed E-state index contributed by atoms with van der Waals surface area (Å²) in [5.41, 5.74) is 3.78. The van der Waals surface area contributed by atoms with E-state index in [9.17, 15) is 9.59 Å². The number of methoxy groups -OCH3 is 1. The van der Waals surface area contributed by atoms with E-state index in [1.807, 2.05) is 0 Å². The van der Waals surface area contributed by atoms with Crippen LogP contribution in [0.5, 0.6) is 0 Å². The molecule has 1 fully saturated rings. The molecule has 0 unspecified atom stereocenters. The van der Waals surface area contributed by atoms with Crippen molar-refractivity contribution in [2.24, 2.45) is 11.7 Å². The highest BCUT2D eigenvalue weighted by Gasteiger charge is 2.12. The predicted molar refractivity (Wildman–Crippen MR) is 64.2 cm³/mol. The van der Waals surface area contributed by atoms with Crippen LogP contribution in [0.15, 0.2) is 0 Å². The Morgan fingerprint density at radius 3 is 2.00 bits per heavy atom.